The van der Waals surface area contributed by atoms with E-state index in [4.69, 9.17) is 9.47 Å². The molecule has 58 heavy (non-hydrogen) atoms. The van der Waals surface area contributed by atoms with Crippen molar-refractivity contribution in [3.8, 4) is 11.1 Å². The van der Waals surface area contributed by atoms with Crippen LogP contribution in [-0.2, 0) is 28.7 Å². The van der Waals surface area contributed by atoms with Gasteiger partial charge in [-0.15, -0.1) is 13.2 Å². The average molecular weight is 787 g/mol. The number of hydrogen-bond acceptors (Lipinski definition) is 8. The normalized spacial score (nSPS) is 15.9. The minimum Gasteiger partial charge on any atom is -0.461 e. The fourth-order valence-electron chi connectivity index (χ4n) is 7.72. The van der Waals surface area contributed by atoms with E-state index in [0.717, 1.165) is 39.4 Å². The summed E-state index contributed by atoms with van der Waals surface area (Å²) in [6.45, 7) is 7.26. The Morgan fingerprint density at radius 3 is 2.19 bits per heavy atom. The van der Waals surface area contributed by atoms with Crippen LogP contribution in [0.5, 0.6) is 0 Å². The molecule has 0 unspecified atom stereocenters. The van der Waals surface area contributed by atoms with Crippen LogP contribution in [0.2, 0.25) is 0 Å². The first-order chi connectivity index (χ1) is 28.2. The lowest BCUT2D eigenvalue weighted by Gasteiger charge is -2.26. The number of carbonyl (C=O) groups excluding carboxylic acids is 5. The van der Waals surface area contributed by atoms with Crippen molar-refractivity contribution in [1.82, 2.24) is 15.5 Å². The van der Waals surface area contributed by atoms with Gasteiger partial charge in [-0.3, -0.25) is 14.4 Å². The quantitative estimate of drug-likeness (QED) is 0.0680. The second-order valence-corrected chi connectivity index (χ2v) is 14.6. The van der Waals surface area contributed by atoms with Crippen molar-refractivity contribution in [1.29, 1.82) is 0 Å². The van der Waals surface area contributed by atoms with Crippen LogP contribution in [0.4, 0.5) is 10.5 Å². The van der Waals surface area contributed by atoms with Crippen LogP contribution >= 0.6 is 0 Å². The van der Waals surface area contributed by atoms with Gasteiger partial charge in [0.2, 0.25) is 11.8 Å². The van der Waals surface area contributed by atoms with E-state index in [1.54, 1.807) is 23.1 Å². The first-order valence-corrected chi connectivity index (χ1v) is 19.7. The van der Waals surface area contributed by atoms with Gasteiger partial charge in [-0.1, -0.05) is 91.0 Å². The molecule has 4 atom stereocenters. The number of aliphatic hydroxyl groups excluding tert-OH is 1. The number of nitrogens with zero attached hydrogens (tertiary/aromatic N) is 1. The van der Waals surface area contributed by atoms with E-state index < -0.39 is 48.5 Å². The maximum atomic E-state index is 13.9. The van der Waals surface area contributed by atoms with E-state index in [9.17, 15) is 29.1 Å². The third-order valence-corrected chi connectivity index (χ3v) is 10.8. The maximum Gasteiger partial charge on any atom is 0.407 e. The number of fused-ring (bicyclic) bond motifs is 4. The second-order valence-electron chi connectivity index (χ2n) is 14.6. The van der Waals surface area contributed by atoms with Crippen LogP contribution in [0.15, 0.2) is 116 Å². The van der Waals surface area contributed by atoms with E-state index in [2.05, 4.69) is 29.1 Å². The number of amides is 4. The molecule has 6 rings (SSSR count). The monoisotopic (exact) mass is 786 g/mol. The van der Waals surface area contributed by atoms with Crippen LogP contribution in [0, 0.1) is 5.92 Å². The van der Waals surface area contributed by atoms with Crippen LogP contribution < -0.4 is 16.0 Å². The van der Waals surface area contributed by atoms with Gasteiger partial charge in [0, 0.05) is 24.6 Å². The number of alkyl carbamates (subject to hydrolysis) is 1. The molecule has 0 aromatic heterocycles. The smallest absolute Gasteiger partial charge is 0.407 e. The highest BCUT2D eigenvalue weighted by Crippen LogP contribution is 2.44. The lowest BCUT2D eigenvalue weighted by molar-refractivity contribution is -0.148. The molecule has 12 nitrogen and oxygen atoms in total. The van der Waals surface area contributed by atoms with Crippen molar-refractivity contribution in [2.75, 3.05) is 31.7 Å². The number of ether oxygens (including phenoxy) is 2. The summed E-state index contributed by atoms with van der Waals surface area (Å²) >= 11 is 0. The molecule has 1 aliphatic heterocycles. The summed E-state index contributed by atoms with van der Waals surface area (Å²) in [5.41, 5.74) is 4.70. The van der Waals surface area contributed by atoms with E-state index >= 15 is 0 Å². The molecule has 4 aromatic rings. The fraction of sp³-hybridized carbons (Fsp3) is 0.326. The van der Waals surface area contributed by atoms with Gasteiger partial charge in [0.05, 0.1) is 18.6 Å². The molecule has 12 heteroatoms. The number of rotatable bonds is 18. The van der Waals surface area contributed by atoms with Crippen molar-refractivity contribution < 1.29 is 38.6 Å². The third-order valence-electron chi connectivity index (χ3n) is 10.8. The molecule has 0 radical (unpaired) electrons. The van der Waals surface area contributed by atoms with E-state index in [-0.39, 0.29) is 50.3 Å². The summed E-state index contributed by atoms with van der Waals surface area (Å²) in [6.07, 6.45) is 4.21. The van der Waals surface area contributed by atoms with Gasteiger partial charge in [0.25, 0.3) is 5.91 Å². The highest BCUT2D eigenvalue weighted by Gasteiger charge is 2.34. The second kappa shape index (κ2) is 19.7. The number of allylic oxidation sites excluding steroid dienone is 2. The number of aliphatic hydroxyl groups is 1. The SMILES string of the molecule is C=CCC[C@H](NC(=O)OCC1c2ccccc2-c2ccccc21)C(=O)OC[C@H](NC(=O)[C@@H](CC=C)CC(=O)N1CCC[C@H]1CO)C(=O)Nc1ccc2ccccc2c1. The molecular weight excluding hydrogens is 737 g/mol. The summed E-state index contributed by atoms with van der Waals surface area (Å²) < 4.78 is 11.3. The van der Waals surface area contributed by atoms with Gasteiger partial charge < -0.3 is 35.4 Å². The Kier molecular flexibility index (Phi) is 14.1. The first kappa shape index (κ1) is 41.4. The lowest BCUT2D eigenvalue weighted by atomic mass is 9.98. The van der Waals surface area contributed by atoms with Crippen molar-refractivity contribution in [3.05, 3.63) is 127 Å². The molecule has 4 aromatic carbocycles. The summed E-state index contributed by atoms with van der Waals surface area (Å²) in [5.74, 6) is -3.46. The maximum absolute atomic E-state index is 13.9. The first-order valence-electron chi connectivity index (χ1n) is 19.7. The molecule has 1 saturated heterocycles. The number of hydrogen-bond donors (Lipinski definition) is 4. The number of carbonyl (C=O) groups is 5. The largest absolute Gasteiger partial charge is 0.461 e. The van der Waals surface area contributed by atoms with Crippen LogP contribution in [0.3, 0.4) is 0 Å². The molecule has 4 N–H and O–H groups in total. The average Bonchev–Trinajstić information content (AvgIpc) is 3.85. The summed E-state index contributed by atoms with van der Waals surface area (Å²) in [4.78, 5) is 69.3. The molecule has 2 aliphatic rings. The van der Waals surface area contributed by atoms with Gasteiger partial charge >= 0.3 is 12.1 Å². The van der Waals surface area contributed by atoms with Gasteiger partial charge in [-0.05, 0) is 77.3 Å². The molecule has 0 bridgehead atoms. The number of anilines is 1. The Balaban J connectivity index is 1.14. The molecular formula is C46H50N4O8. The predicted octanol–water partition coefficient (Wildman–Crippen LogP) is 6.25. The zero-order chi connectivity index (χ0) is 41.0. The number of benzene rings is 4. The molecule has 4 amide bonds. The molecule has 0 saturated carbocycles. The zero-order valence-electron chi connectivity index (χ0n) is 32.4. The summed E-state index contributed by atoms with van der Waals surface area (Å²) in [5, 5.41) is 19.7. The zero-order valence-corrected chi connectivity index (χ0v) is 32.4. The molecule has 1 aliphatic carbocycles. The van der Waals surface area contributed by atoms with Crippen LogP contribution in [0.1, 0.15) is 55.6 Å². The lowest BCUT2D eigenvalue weighted by Crippen LogP contribution is -2.51. The van der Waals surface area contributed by atoms with E-state index in [0.29, 0.717) is 25.1 Å². The number of esters is 1. The highest BCUT2D eigenvalue weighted by atomic mass is 16.6. The minimum absolute atomic E-state index is 0.0406. The van der Waals surface area contributed by atoms with E-state index in [1.165, 1.54) is 6.08 Å². The molecule has 0 spiro atoms. The van der Waals surface area contributed by atoms with Crippen molar-refractivity contribution >= 4 is 46.2 Å². The Morgan fingerprint density at radius 1 is 0.810 bits per heavy atom. The Morgan fingerprint density at radius 2 is 1.50 bits per heavy atom. The number of likely N-dealkylation sites (tertiary alicyclic amines) is 1. The van der Waals surface area contributed by atoms with Gasteiger partial charge in [-0.25, -0.2) is 9.59 Å². The standard InChI is InChI=1S/C46H50N4O8/c1-3-5-21-40(49-46(56)58-28-39-37-19-10-8-17-35(37)36-18-9-11-20-38(36)39)45(55)57-29-41(44(54)47-33-23-22-30-14-6-7-15-31(30)25-33)48-43(53)32(13-4-2)26-42(52)50-24-12-16-34(50)27-51/h3-4,6-11,14-15,17-20,22-23,25,32,34,39-41,51H,1-2,5,12-13,16,21,24,26-29H2,(H,47,54)(H,48,53)(H,49,56)/t32-,34-,40-,41-/m0/s1. The van der Waals surface area contributed by atoms with Crippen LogP contribution in [0.25, 0.3) is 21.9 Å². The summed E-state index contributed by atoms with van der Waals surface area (Å²) in [7, 11) is 0. The predicted molar refractivity (Wildman–Crippen MR) is 222 cm³/mol. The Hall–Kier alpha value is -6.27. The minimum atomic E-state index is -1.38. The highest BCUT2D eigenvalue weighted by molar-refractivity contribution is 6.00. The molecule has 1 heterocycles. The summed E-state index contributed by atoms with van der Waals surface area (Å²) in [6, 6.07) is 26.0. The fourth-order valence-corrected chi connectivity index (χ4v) is 7.72. The third kappa shape index (κ3) is 9.99. The molecule has 1 fully saturated rings. The van der Waals surface area contributed by atoms with Gasteiger partial charge in [-0.2, -0.15) is 0 Å². The van der Waals surface area contributed by atoms with Crippen molar-refractivity contribution in [3.63, 3.8) is 0 Å². The van der Waals surface area contributed by atoms with Gasteiger partial charge in [0.1, 0.15) is 25.3 Å². The van der Waals surface area contributed by atoms with E-state index in [1.807, 2.05) is 78.9 Å². The van der Waals surface area contributed by atoms with Crippen molar-refractivity contribution in [2.45, 2.75) is 62.6 Å². The van der Waals surface area contributed by atoms with Gasteiger partial charge in [0.15, 0.2) is 0 Å². The number of nitrogens with one attached hydrogen (secondary N) is 3. The van der Waals surface area contributed by atoms with Crippen molar-refractivity contribution in [2.24, 2.45) is 5.92 Å². The molecule has 302 valence electrons. The Bertz CT molecular complexity index is 2110. The Labute approximate surface area is 338 Å². The van der Waals surface area contributed by atoms with Crippen LogP contribution in [-0.4, -0.2) is 84.3 Å². The topological polar surface area (TPSA) is 163 Å².